The van der Waals surface area contributed by atoms with E-state index in [0.717, 1.165) is 44.8 Å². The molecule has 0 atom stereocenters. The molecule has 0 bridgehead atoms. The fourth-order valence-electron chi connectivity index (χ4n) is 4.75. The largest absolute Gasteiger partial charge is 0.497 e. The topological polar surface area (TPSA) is 49.2 Å². The van der Waals surface area contributed by atoms with Gasteiger partial charge in [-0.1, -0.05) is 72.8 Å². The van der Waals surface area contributed by atoms with Crippen molar-refractivity contribution in [3.63, 3.8) is 0 Å². The number of ether oxygens (including phenoxy) is 2. The van der Waals surface area contributed by atoms with Crippen LogP contribution >= 0.6 is 0 Å². The molecule has 0 aliphatic rings. The van der Waals surface area contributed by atoms with Gasteiger partial charge < -0.3 is 14.0 Å². The maximum atomic E-state index is 6.07. The highest BCUT2D eigenvalue weighted by molar-refractivity contribution is 6.03. The Morgan fingerprint density at radius 3 is 2.24 bits per heavy atom. The summed E-state index contributed by atoms with van der Waals surface area (Å²) in [6.07, 6.45) is 2.59. The fraction of sp³-hybridized carbons (Fsp3) is 0.125. The summed E-state index contributed by atoms with van der Waals surface area (Å²) in [6, 6.07) is 35.0. The third-order valence-electron chi connectivity index (χ3n) is 6.61. The summed E-state index contributed by atoms with van der Waals surface area (Å²) in [5.74, 6) is 2.69. The molecule has 6 rings (SSSR count). The van der Waals surface area contributed by atoms with E-state index in [9.17, 15) is 0 Å². The maximum absolute atomic E-state index is 6.07. The van der Waals surface area contributed by atoms with E-state index in [0.29, 0.717) is 19.6 Å². The number of para-hydroxylation sites is 1. The highest BCUT2D eigenvalue weighted by Crippen LogP contribution is 2.30. The zero-order chi connectivity index (χ0) is 25.0. The van der Waals surface area contributed by atoms with Gasteiger partial charge in [-0.2, -0.15) is 0 Å². The van der Waals surface area contributed by atoms with Crippen LogP contribution < -0.4 is 9.47 Å². The van der Waals surface area contributed by atoms with Gasteiger partial charge in [0, 0.05) is 11.8 Å². The number of imidazole rings is 1. The second kappa shape index (κ2) is 10.2. The number of hydrogen-bond donors (Lipinski definition) is 0. The van der Waals surface area contributed by atoms with Crippen LogP contribution in [0.1, 0.15) is 11.4 Å². The lowest BCUT2D eigenvalue weighted by atomic mass is 10.0. The normalized spacial score (nSPS) is 11.2. The zero-order valence-corrected chi connectivity index (χ0v) is 20.7. The third-order valence-corrected chi connectivity index (χ3v) is 6.61. The number of nitrogens with zero attached hydrogens (tertiary/aromatic N) is 3. The molecule has 0 radical (unpaired) electrons. The molecule has 0 unspecified atom stereocenters. The van der Waals surface area contributed by atoms with Gasteiger partial charge in [0.2, 0.25) is 0 Å². The summed E-state index contributed by atoms with van der Waals surface area (Å²) >= 11 is 0. The standard InChI is InChI=1S/C32H27N3O2/c1-36-26-15-12-23(13-16-26)20-31-34-30-22-33-29-21-25(24-8-4-2-5-9-24)14-17-28(29)32(30)35(31)18-19-37-27-10-6-3-7-11-27/h2-17,21-22H,18-20H2,1H3. The number of fused-ring (bicyclic) bond motifs is 3. The molecule has 0 saturated heterocycles. The molecule has 0 aliphatic carbocycles. The van der Waals surface area contributed by atoms with E-state index in [4.69, 9.17) is 19.4 Å². The first-order valence-electron chi connectivity index (χ1n) is 12.4. The molecule has 0 spiro atoms. The van der Waals surface area contributed by atoms with Crippen molar-refractivity contribution >= 4 is 21.9 Å². The Morgan fingerprint density at radius 1 is 0.730 bits per heavy atom. The lowest BCUT2D eigenvalue weighted by Crippen LogP contribution is -2.12. The summed E-state index contributed by atoms with van der Waals surface area (Å²) < 4.78 is 13.7. The van der Waals surface area contributed by atoms with Crippen molar-refractivity contribution in [2.24, 2.45) is 0 Å². The molecule has 0 fully saturated rings. The molecule has 4 aromatic carbocycles. The van der Waals surface area contributed by atoms with Gasteiger partial charge in [0.15, 0.2) is 0 Å². The predicted molar refractivity (Wildman–Crippen MR) is 148 cm³/mol. The summed E-state index contributed by atoms with van der Waals surface area (Å²) in [6.45, 7) is 1.22. The number of methoxy groups -OCH3 is 1. The number of aromatic nitrogens is 3. The predicted octanol–water partition coefficient (Wildman–Crippen LogP) is 6.93. The van der Waals surface area contributed by atoms with E-state index in [1.54, 1.807) is 7.11 Å². The van der Waals surface area contributed by atoms with E-state index in [1.165, 1.54) is 11.1 Å². The minimum Gasteiger partial charge on any atom is -0.497 e. The Kier molecular flexibility index (Phi) is 6.26. The lowest BCUT2D eigenvalue weighted by molar-refractivity contribution is 0.298. The van der Waals surface area contributed by atoms with Gasteiger partial charge in [0.25, 0.3) is 0 Å². The minimum atomic E-state index is 0.539. The first-order chi connectivity index (χ1) is 18.3. The molecular weight excluding hydrogens is 458 g/mol. The average molecular weight is 486 g/mol. The Balaban J connectivity index is 1.41. The Labute approximate surface area is 216 Å². The molecule has 37 heavy (non-hydrogen) atoms. The molecule has 2 heterocycles. The second-order valence-electron chi connectivity index (χ2n) is 8.96. The molecule has 182 valence electrons. The van der Waals surface area contributed by atoms with E-state index >= 15 is 0 Å². The summed E-state index contributed by atoms with van der Waals surface area (Å²) in [5.41, 5.74) is 6.43. The Morgan fingerprint density at radius 2 is 1.49 bits per heavy atom. The van der Waals surface area contributed by atoms with Crippen molar-refractivity contribution in [1.82, 2.24) is 14.5 Å². The smallest absolute Gasteiger partial charge is 0.119 e. The molecule has 2 aromatic heterocycles. The molecule has 6 aromatic rings. The van der Waals surface area contributed by atoms with Crippen molar-refractivity contribution in [2.45, 2.75) is 13.0 Å². The molecule has 0 N–H and O–H groups in total. The van der Waals surface area contributed by atoms with Crippen LogP contribution in [0.3, 0.4) is 0 Å². The van der Waals surface area contributed by atoms with Gasteiger partial charge in [0.1, 0.15) is 29.4 Å². The van der Waals surface area contributed by atoms with Crippen LogP contribution in [0.5, 0.6) is 11.5 Å². The fourth-order valence-corrected chi connectivity index (χ4v) is 4.75. The molecule has 5 nitrogen and oxygen atoms in total. The van der Waals surface area contributed by atoms with Gasteiger partial charge in [0.05, 0.1) is 30.9 Å². The van der Waals surface area contributed by atoms with E-state index in [2.05, 4.69) is 59.2 Å². The van der Waals surface area contributed by atoms with Crippen molar-refractivity contribution in [2.75, 3.05) is 13.7 Å². The van der Waals surface area contributed by atoms with Crippen LogP contribution in [0, 0.1) is 0 Å². The Hall–Kier alpha value is -4.64. The van der Waals surface area contributed by atoms with Crippen LogP contribution in [0.4, 0.5) is 0 Å². The molecule has 0 saturated carbocycles. The zero-order valence-electron chi connectivity index (χ0n) is 20.7. The molecular formula is C32H27N3O2. The summed E-state index contributed by atoms with van der Waals surface area (Å²) in [7, 11) is 1.68. The SMILES string of the molecule is COc1ccc(Cc2nc3cnc4cc(-c5ccccc5)ccc4c3n2CCOc2ccccc2)cc1. The molecule has 0 amide bonds. The quantitative estimate of drug-likeness (QED) is 0.235. The van der Waals surface area contributed by atoms with Crippen LogP contribution in [-0.4, -0.2) is 28.3 Å². The van der Waals surface area contributed by atoms with Crippen molar-refractivity contribution in [1.29, 1.82) is 0 Å². The lowest BCUT2D eigenvalue weighted by Gasteiger charge is -2.13. The highest BCUT2D eigenvalue weighted by atomic mass is 16.5. The van der Waals surface area contributed by atoms with Crippen molar-refractivity contribution < 1.29 is 9.47 Å². The van der Waals surface area contributed by atoms with E-state index < -0.39 is 0 Å². The number of benzene rings is 4. The van der Waals surface area contributed by atoms with Gasteiger partial charge in [-0.25, -0.2) is 4.98 Å². The summed E-state index contributed by atoms with van der Waals surface area (Å²) in [5, 5.41) is 1.09. The van der Waals surface area contributed by atoms with Crippen LogP contribution in [0.15, 0.2) is 109 Å². The monoisotopic (exact) mass is 485 g/mol. The van der Waals surface area contributed by atoms with Crippen LogP contribution in [0.25, 0.3) is 33.1 Å². The first kappa shape index (κ1) is 22.8. The summed E-state index contributed by atoms with van der Waals surface area (Å²) in [4.78, 5) is 9.80. The van der Waals surface area contributed by atoms with Crippen molar-refractivity contribution in [3.8, 4) is 22.6 Å². The minimum absolute atomic E-state index is 0.539. The number of pyridine rings is 1. The maximum Gasteiger partial charge on any atom is 0.119 e. The first-order valence-corrected chi connectivity index (χ1v) is 12.4. The van der Waals surface area contributed by atoms with Crippen LogP contribution in [0.2, 0.25) is 0 Å². The van der Waals surface area contributed by atoms with E-state index in [1.807, 2.05) is 54.7 Å². The van der Waals surface area contributed by atoms with E-state index in [-0.39, 0.29) is 0 Å². The van der Waals surface area contributed by atoms with Gasteiger partial charge in [-0.05, 0) is 47.0 Å². The van der Waals surface area contributed by atoms with Crippen LogP contribution in [-0.2, 0) is 13.0 Å². The second-order valence-corrected chi connectivity index (χ2v) is 8.96. The third kappa shape index (κ3) is 4.76. The van der Waals surface area contributed by atoms with Gasteiger partial charge in [-0.3, -0.25) is 4.98 Å². The van der Waals surface area contributed by atoms with Gasteiger partial charge >= 0.3 is 0 Å². The molecule has 5 heteroatoms. The molecule has 0 aliphatic heterocycles. The van der Waals surface area contributed by atoms with Gasteiger partial charge in [-0.15, -0.1) is 0 Å². The number of hydrogen-bond acceptors (Lipinski definition) is 4. The average Bonchev–Trinajstić information content (AvgIpc) is 3.31. The van der Waals surface area contributed by atoms with Crippen molar-refractivity contribution in [3.05, 3.63) is 121 Å². The highest BCUT2D eigenvalue weighted by Gasteiger charge is 2.16. The Bertz CT molecular complexity index is 1640. The number of rotatable bonds is 8.